The first-order chi connectivity index (χ1) is 52.5. The van der Waals surface area contributed by atoms with Gasteiger partial charge in [-0.3, -0.25) is 76.7 Å². The molecule has 2 aromatic carbocycles. The molecule has 1 heterocycles. The van der Waals surface area contributed by atoms with Crippen LogP contribution in [0.1, 0.15) is 144 Å². The molecule has 0 spiro atoms. The third kappa shape index (κ3) is 35.4. The van der Waals surface area contributed by atoms with Crippen molar-refractivity contribution in [1.29, 1.82) is 0 Å². The van der Waals surface area contributed by atoms with Crippen LogP contribution in [0.15, 0.2) is 67.1 Å². The van der Waals surface area contributed by atoms with Gasteiger partial charge in [0.15, 0.2) is 0 Å². The van der Waals surface area contributed by atoms with Gasteiger partial charge in [0.25, 0.3) is 0 Å². The van der Waals surface area contributed by atoms with Crippen molar-refractivity contribution in [3.63, 3.8) is 0 Å². The first-order valence-corrected chi connectivity index (χ1v) is 36.6. The number of nitrogens with two attached hydrogens (primary N) is 3. The van der Waals surface area contributed by atoms with Gasteiger partial charge in [0.1, 0.15) is 72.2 Å². The van der Waals surface area contributed by atoms with Crippen molar-refractivity contribution in [3.8, 4) is 5.75 Å². The second kappa shape index (κ2) is 47.4. The normalized spacial score (nSPS) is 14.7. The van der Waals surface area contributed by atoms with Gasteiger partial charge in [-0.1, -0.05) is 97.9 Å². The lowest BCUT2D eigenvalue weighted by Gasteiger charge is -2.29. The summed E-state index contributed by atoms with van der Waals surface area (Å²) in [5.41, 5.74) is 17.8. The van der Waals surface area contributed by atoms with E-state index in [2.05, 4.69) is 79.1 Å². The van der Waals surface area contributed by atoms with Gasteiger partial charge in [-0.05, 0) is 99.3 Å². The highest BCUT2D eigenvalue weighted by molar-refractivity contribution is 6.00. The number of benzene rings is 2. The van der Waals surface area contributed by atoms with Crippen molar-refractivity contribution in [2.75, 3.05) is 13.1 Å². The van der Waals surface area contributed by atoms with Crippen LogP contribution in [0.25, 0.3) is 0 Å². The van der Waals surface area contributed by atoms with Gasteiger partial charge in [0.05, 0.1) is 31.6 Å². The van der Waals surface area contributed by atoms with Gasteiger partial charge in [-0.15, -0.1) is 0 Å². The van der Waals surface area contributed by atoms with E-state index >= 15 is 0 Å². The average molecular weight is 1580 g/mol. The number of nitrogens with one attached hydrogen (secondary N) is 14. The summed E-state index contributed by atoms with van der Waals surface area (Å²) in [4.78, 5) is 236. The number of phenolic OH excluding ortho intramolecular Hbond substituents is 1. The molecule has 0 bridgehead atoms. The number of aromatic nitrogens is 2. The van der Waals surface area contributed by atoms with Crippen LogP contribution in [0.4, 0.5) is 0 Å². The number of hydrogen-bond donors (Lipinski definition) is 21. The molecule has 0 aliphatic rings. The number of hydrogen-bond acceptors (Lipinski definition) is 21. The van der Waals surface area contributed by atoms with Crippen molar-refractivity contribution < 1.29 is 102 Å². The number of rotatable bonds is 50. The van der Waals surface area contributed by atoms with Gasteiger partial charge >= 0.3 is 11.9 Å². The summed E-state index contributed by atoms with van der Waals surface area (Å²) >= 11 is 0. The Balaban J connectivity index is 1.96. The maximum atomic E-state index is 14.6. The maximum absolute atomic E-state index is 14.6. The largest absolute Gasteiger partial charge is 0.508 e. The highest BCUT2D eigenvalue weighted by Crippen LogP contribution is 2.16. The number of aromatic hydroxyl groups is 1. The van der Waals surface area contributed by atoms with E-state index in [-0.39, 0.29) is 61.3 Å². The summed E-state index contributed by atoms with van der Waals surface area (Å²) in [5, 5.41) is 72.6. The molecule has 0 aliphatic heterocycles. The Morgan fingerprint density at radius 1 is 0.420 bits per heavy atom. The molecule has 39 nitrogen and oxygen atoms in total. The lowest BCUT2D eigenvalue weighted by atomic mass is 10.00. The lowest BCUT2D eigenvalue weighted by Crippen LogP contribution is -2.62. The number of primary amides is 2. The molecule has 618 valence electrons. The topological polar surface area (TPSA) is 634 Å². The fraction of sp³-hybridized carbons (Fsp3) is 0.562. The number of nitrogens with zero attached hydrogens (tertiary/aromatic N) is 1. The van der Waals surface area contributed by atoms with Crippen molar-refractivity contribution in [2.24, 2.45) is 40.9 Å². The van der Waals surface area contributed by atoms with E-state index in [0.29, 0.717) is 11.1 Å². The summed E-state index contributed by atoms with van der Waals surface area (Å²) in [6.07, 6.45) is -3.88. The molecule has 0 saturated heterocycles. The number of amides is 15. The predicted octanol–water partition coefficient (Wildman–Crippen LogP) is -4.29. The number of aliphatic carboxylic acids is 2. The van der Waals surface area contributed by atoms with E-state index < -0.39 is 243 Å². The highest BCUT2D eigenvalue weighted by Gasteiger charge is 2.38. The minimum atomic E-state index is -1.98. The zero-order valence-corrected chi connectivity index (χ0v) is 64.5. The molecular formula is C73H110N18O21. The Bertz CT molecular complexity index is 3710. The van der Waals surface area contributed by atoms with Gasteiger partial charge in [0.2, 0.25) is 88.6 Å². The molecule has 1 aromatic heterocycles. The Kier molecular flexibility index (Phi) is 40.0. The minimum absolute atomic E-state index is 0.0629. The molecule has 3 aromatic rings. The van der Waals surface area contributed by atoms with E-state index in [4.69, 9.17) is 17.2 Å². The summed E-state index contributed by atoms with van der Waals surface area (Å²) in [6.45, 7) is 14.7. The molecule has 24 N–H and O–H groups in total. The SMILES string of the molecule is CC(C)C[C@H](NC(=O)[C@H](CC(C)C)NC(=O)CNC(=O)[C@H](CCC(N)=O)NC(=O)[C@H](Cc1ccccc1)NC(=O)[C@@H](NC(=O)[C@H](Cc1cnc[nH]1)NC(=O)[C@H](CCC(=O)O)NC(=O)[C@H](CC(C)C)NC(=O)[C@H](CCC(N)=O)NC(=O)[C@H](Cc1ccc(O)cc1)NC(=O)[C@H](C)NC(=O)CNC(=O)[C@@H](N)C(C)C)[C@@H](C)O)C(=O)O. The molecule has 13 atom stereocenters. The molecule has 39 heteroatoms. The molecule has 15 amide bonds. The number of aliphatic hydroxyl groups is 1. The fourth-order valence-electron chi connectivity index (χ4n) is 11.0. The number of carboxylic acid groups (broad SMARTS) is 2. The Morgan fingerprint density at radius 2 is 0.804 bits per heavy atom. The Hall–Kier alpha value is -11.6. The standard InChI is InChI=1S/C73H110N18O21/c1-36(2)26-49(66(104)90-54(73(111)112)28-38(5)6)82-58(97)34-78-63(101)46(20-23-55(74)94)83-69(107)52(29-42-14-12-11-13-15-42)89-72(110)61(41(10)92)91-70(108)53(31-44-32-77-35-80-44)88-65(103)48(22-25-59(98)99)85-67(105)50(27-37(3)4)87-64(102)47(21-24-56(75)95)84-68(106)51(30-43-16-18-45(93)19-17-43)86-62(100)40(9)81-57(96)33-79-71(109)60(76)39(7)8/h11-19,32,35-41,46-54,60-61,92-93H,20-31,33-34,76H2,1-10H3,(H2,74,94)(H2,75,95)(H,77,80)(H,78,101)(H,79,109)(H,81,96)(H,82,97)(H,83,107)(H,84,106)(H,85,105)(H,86,100)(H,87,102)(H,88,103)(H,89,110)(H,90,104)(H,91,108)(H,98,99)(H,111,112)/t40-,41+,46-,47-,48-,49-,50-,51-,52-,53-,54-,60-,61-/m0/s1. The van der Waals surface area contributed by atoms with Crippen molar-refractivity contribution in [3.05, 3.63) is 83.9 Å². The summed E-state index contributed by atoms with van der Waals surface area (Å²) < 4.78 is 0. The van der Waals surface area contributed by atoms with E-state index in [1.165, 1.54) is 43.7 Å². The van der Waals surface area contributed by atoms with Crippen LogP contribution in [0.2, 0.25) is 0 Å². The van der Waals surface area contributed by atoms with Gasteiger partial charge in [0, 0.05) is 50.4 Å². The summed E-state index contributed by atoms with van der Waals surface area (Å²) in [5.74, 6) is -18.7. The van der Waals surface area contributed by atoms with Gasteiger partial charge < -0.3 is 112 Å². The van der Waals surface area contributed by atoms with Crippen molar-refractivity contribution in [1.82, 2.24) is 79.1 Å². The first kappa shape index (κ1) is 94.6. The Morgan fingerprint density at radius 3 is 1.26 bits per heavy atom. The number of H-pyrrole nitrogens is 1. The van der Waals surface area contributed by atoms with Gasteiger partial charge in [-0.2, -0.15) is 0 Å². The van der Waals surface area contributed by atoms with Gasteiger partial charge in [-0.25, -0.2) is 9.78 Å². The van der Waals surface area contributed by atoms with Crippen LogP contribution in [-0.2, 0) is 101 Å². The second-order valence-electron chi connectivity index (χ2n) is 28.8. The predicted molar refractivity (Wildman–Crippen MR) is 401 cm³/mol. The highest BCUT2D eigenvalue weighted by atomic mass is 16.4. The fourth-order valence-corrected chi connectivity index (χ4v) is 11.0. The molecule has 0 saturated carbocycles. The van der Waals surface area contributed by atoms with E-state index in [1.54, 1.807) is 85.7 Å². The number of carbonyl (C=O) groups excluding carboxylic acids is 15. The summed E-state index contributed by atoms with van der Waals surface area (Å²) in [6, 6.07) is -5.11. The zero-order chi connectivity index (χ0) is 84.2. The quantitative estimate of drug-likeness (QED) is 0.0254. The van der Waals surface area contributed by atoms with Crippen LogP contribution in [-0.4, -0.2) is 223 Å². The van der Waals surface area contributed by atoms with Crippen molar-refractivity contribution >= 4 is 101 Å². The number of carboxylic acids is 2. The smallest absolute Gasteiger partial charge is 0.326 e. The van der Waals surface area contributed by atoms with E-state index in [0.717, 1.165) is 6.92 Å². The first-order valence-electron chi connectivity index (χ1n) is 36.6. The second-order valence-corrected chi connectivity index (χ2v) is 28.8. The van der Waals surface area contributed by atoms with Crippen LogP contribution < -0.4 is 86.3 Å². The summed E-state index contributed by atoms with van der Waals surface area (Å²) in [7, 11) is 0. The van der Waals surface area contributed by atoms with Crippen LogP contribution in [0.3, 0.4) is 0 Å². The molecule has 0 aliphatic carbocycles. The molecule has 112 heavy (non-hydrogen) atoms. The van der Waals surface area contributed by atoms with E-state index in [9.17, 15) is 102 Å². The molecule has 0 radical (unpaired) electrons. The average Bonchev–Trinajstić information content (AvgIpc) is 0.968. The van der Waals surface area contributed by atoms with Crippen LogP contribution in [0, 0.1) is 23.7 Å². The number of phenols is 1. The number of carbonyl (C=O) groups is 17. The maximum Gasteiger partial charge on any atom is 0.326 e. The van der Waals surface area contributed by atoms with Crippen molar-refractivity contribution in [2.45, 2.75) is 225 Å². The molecular weight excluding hydrogens is 1460 g/mol. The molecule has 0 unspecified atom stereocenters. The number of imidazole rings is 1. The monoisotopic (exact) mass is 1570 g/mol. The Labute approximate surface area is 647 Å². The lowest BCUT2D eigenvalue weighted by molar-refractivity contribution is -0.143. The molecule has 3 rings (SSSR count). The van der Waals surface area contributed by atoms with E-state index in [1.807, 2.05) is 0 Å². The number of aliphatic hydroxyl groups excluding tert-OH is 1. The number of aromatic amines is 1. The van der Waals surface area contributed by atoms with Crippen LogP contribution >= 0.6 is 0 Å². The molecule has 0 fully saturated rings. The zero-order valence-electron chi connectivity index (χ0n) is 64.5. The minimum Gasteiger partial charge on any atom is -0.508 e. The van der Waals surface area contributed by atoms with Crippen LogP contribution in [0.5, 0.6) is 5.75 Å². The third-order valence-corrected chi connectivity index (χ3v) is 17.2. The third-order valence-electron chi connectivity index (χ3n) is 17.2.